The van der Waals surface area contributed by atoms with Gasteiger partial charge >= 0.3 is 5.97 Å². The molecule has 1 aromatic rings. The Morgan fingerprint density at radius 2 is 2.06 bits per heavy atom. The zero-order valence-electron chi connectivity index (χ0n) is 9.35. The predicted octanol–water partition coefficient (Wildman–Crippen LogP) is 2.88. The van der Waals surface area contributed by atoms with Crippen molar-refractivity contribution in [1.82, 2.24) is 0 Å². The van der Waals surface area contributed by atoms with Crippen molar-refractivity contribution in [2.24, 2.45) is 0 Å². The summed E-state index contributed by atoms with van der Waals surface area (Å²) in [4.78, 5) is 10.5. The molecule has 0 fully saturated rings. The number of hydrogen-bond acceptors (Lipinski definition) is 2. The van der Waals surface area contributed by atoms with E-state index >= 15 is 0 Å². The van der Waals surface area contributed by atoms with E-state index in [1.807, 2.05) is 30.3 Å². The predicted molar refractivity (Wildman–Crippen MR) is 62.6 cm³/mol. The largest absolute Gasteiger partial charge is 0.494 e. The first-order chi connectivity index (χ1) is 7.70. The van der Waals surface area contributed by atoms with Crippen LogP contribution in [0.15, 0.2) is 42.0 Å². The van der Waals surface area contributed by atoms with Gasteiger partial charge in [-0.05, 0) is 31.9 Å². The lowest BCUT2D eigenvalue weighted by Crippen LogP contribution is -1.98. The third kappa shape index (κ3) is 4.64. The Balaban J connectivity index is 2.18. The zero-order valence-corrected chi connectivity index (χ0v) is 9.35. The van der Waals surface area contributed by atoms with Crippen molar-refractivity contribution in [3.8, 4) is 5.75 Å². The summed E-state index contributed by atoms with van der Waals surface area (Å²) in [5, 5.41) is 8.62. The summed E-state index contributed by atoms with van der Waals surface area (Å²) in [6, 6.07) is 9.58. The molecule has 0 aliphatic carbocycles. The number of allylic oxidation sites excluding steroid dienone is 1. The maximum Gasteiger partial charge on any atom is 0.330 e. The molecule has 0 aliphatic rings. The van der Waals surface area contributed by atoms with Gasteiger partial charge in [0.25, 0.3) is 0 Å². The van der Waals surface area contributed by atoms with Gasteiger partial charge in [0.15, 0.2) is 0 Å². The normalized spacial score (nSPS) is 11.2. The van der Waals surface area contributed by atoms with E-state index in [0.29, 0.717) is 12.2 Å². The Labute approximate surface area is 95.4 Å². The molecule has 0 saturated carbocycles. The number of carboxylic acids is 1. The van der Waals surface area contributed by atoms with Gasteiger partial charge in [0.1, 0.15) is 5.75 Å². The van der Waals surface area contributed by atoms with Crippen LogP contribution in [0.4, 0.5) is 0 Å². The minimum absolute atomic E-state index is 0.389. The van der Waals surface area contributed by atoms with Crippen molar-refractivity contribution in [1.29, 1.82) is 0 Å². The summed E-state index contributed by atoms with van der Waals surface area (Å²) >= 11 is 0. The highest BCUT2D eigenvalue weighted by Crippen LogP contribution is 2.09. The van der Waals surface area contributed by atoms with E-state index in [4.69, 9.17) is 9.84 Å². The SMILES string of the molecule is C/C(=C\CCCOc1ccccc1)C(=O)O. The van der Waals surface area contributed by atoms with Gasteiger partial charge in [0.05, 0.1) is 6.61 Å². The number of ether oxygens (including phenoxy) is 1. The first-order valence-corrected chi connectivity index (χ1v) is 5.28. The Morgan fingerprint density at radius 1 is 1.38 bits per heavy atom. The number of carbonyl (C=O) groups is 1. The highest BCUT2D eigenvalue weighted by atomic mass is 16.5. The maximum absolute atomic E-state index is 10.5. The van der Waals surface area contributed by atoms with Gasteiger partial charge in [-0.1, -0.05) is 24.3 Å². The molecule has 86 valence electrons. The molecule has 0 aromatic heterocycles. The van der Waals surface area contributed by atoms with E-state index < -0.39 is 5.97 Å². The number of unbranched alkanes of at least 4 members (excludes halogenated alkanes) is 1. The van der Waals surface area contributed by atoms with Crippen molar-refractivity contribution < 1.29 is 14.6 Å². The van der Waals surface area contributed by atoms with Crippen LogP contribution in [-0.2, 0) is 4.79 Å². The van der Waals surface area contributed by atoms with Gasteiger partial charge in [-0.15, -0.1) is 0 Å². The molecule has 1 N–H and O–H groups in total. The lowest BCUT2D eigenvalue weighted by Gasteiger charge is -2.04. The second-order valence-electron chi connectivity index (χ2n) is 3.50. The highest BCUT2D eigenvalue weighted by molar-refractivity contribution is 5.85. The van der Waals surface area contributed by atoms with Crippen molar-refractivity contribution in [3.05, 3.63) is 42.0 Å². The molecular formula is C13H16O3. The number of benzene rings is 1. The van der Waals surface area contributed by atoms with E-state index in [1.54, 1.807) is 13.0 Å². The molecule has 0 atom stereocenters. The lowest BCUT2D eigenvalue weighted by atomic mass is 10.2. The Morgan fingerprint density at radius 3 is 2.69 bits per heavy atom. The summed E-state index contributed by atoms with van der Waals surface area (Å²) < 4.78 is 5.47. The molecule has 3 heteroatoms. The van der Waals surface area contributed by atoms with Crippen LogP contribution < -0.4 is 4.74 Å². The second-order valence-corrected chi connectivity index (χ2v) is 3.50. The van der Waals surface area contributed by atoms with Crippen molar-refractivity contribution in [2.75, 3.05) is 6.61 Å². The minimum Gasteiger partial charge on any atom is -0.494 e. The third-order valence-corrected chi connectivity index (χ3v) is 2.15. The number of carboxylic acid groups (broad SMARTS) is 1. The summed E-state index contributed by atoms with van der Waals surface area (Å²) in [5.41, 5.74) is 0.389. The van der Waals surface area contributed by atoms with E-state index in [9.17, 15) is 4.79 Å². The first-order valence-electron chi connectivity index (χ1n) is 5.28. The van der Waals surface area contributed by atoms with E-state index in [0.717, 1.165) is 18.6 Å². The van der Waals surface area contributed by atoms with Crippen LogP contribution in [0.2, 0.25) is 0 Å². The van der Waals surface area contributed by atoms with Gasteiger partial charge in [-0.25, -0.2) is 4.79 Å². The molecule has 16 heavy (non-hydrogen) atoms. The Bertz CT molecular complexity index is 355. The first kappa shape index (κ1) is 12.3. The number of para-hydroxylation sites is 1. The number of rotatable bonds is 6. The van der Waals surface area contributed by atoms with Crippen LogP contribution in [-0.4, -0.2) is 17.7 Å². The Hall–Kier alpha value is -1.77. The molecule has 1 aromatic carbocycles. The van der Waals surface area contributed by atoms with Crippen LogP contribution in [0.3, 0.4) is 0 Å². The van der Waals surface area contributed by atoms with Crippen LogP contribution >= 0.6 is 0 Å². The number of hydrogen-bond donors (Lipinski definition) is 1. The fourth-order valence-electron chi connectivity index (χ4n) is 1.20. The monoisotopic (exact) mass is 220 g/mol. The molecule has 0 heterocycles. The molecule has 0 saturated heterocycles. The topological polar surface area (TPSA) is 46.5 Å². The molecule has 0 amide bonds. The fourth-order valence-corrected chi connectivity index (χ4v) is 1.20. The highest BCUT2D eigenvalue weighted by Gasteiger charge is 1.97. The van der Waals surface area contributed by atoms with Crippen molar-refractivity contribution >= 4 is 5.97 Å². The molecular weight excluding hydrogens is 204 g/mol. The summed E-state index contributed by atoms with van der Waals surface area (Å²) in [5.74, 6) is -0.00888. The van der Waals surface area contributed by atoms with Crippen LogP contribution in [0, 0.1) is 0 Å². The van der Waals surface area contributed by atoms with Crippen LogP contribution in [0.5, 0.6) is 5.75 Å². The quantitative estimate of drug-likeness (QED) is 0.592. The van der Waals surface area contributed by atoms with Crippen molar-refractivity contribution in [3.63, 3.8) is 0 Å². The number of aliphatic carboxylic acids is 1. The lowest BCUT2D eigenvalue weighted by molar-refractivity contribution is -0.132. The average Bonchev–Trinajstić information content (AvgIpc) is 2.29. The minimum atomic E-state index is -0.857. The van der Waals surface area contributed by atoms with E-state index in [-0.39, 0.29) is 0 Å². The second kappa shape index (κ2) is 6.67. The Kier molecular flexibility index (Phi) is 5.12. The maximum atomic E-state index is 10.5. The average molecular weight is 220 g/mol. The van der Waals surface area contributed by atoms with E-state index in [2.05, 4.69) is 0 Å². The smallest absolute Gasteiger partial charge is 0.330 e. The van der Waals surface area contributed by atoms with Gasteiger partial charge < -0.3 is 9.84 Å². The van der Waals surface area contributed by atoms with E-state index in [1.165, 1.54) is 0 Å². The molecule has 1 rings (SSSR count). The van der Waals surface area contributed by atoms with Crippen molar-refractivity contribution in [2.45, 2.75) is 19.8 Å². The molecule has 0 radical (unpaired) electrons. The fraction of sp³-hybridized carbons (Fsp3) is 0.308. The molecule has 0 unspecified atom stereocenters. The van der Waals surface area contributed by atoms with Gasteiger partial charge in [-0.3, -0.25) is 0 Å². The molecule has 0 bridgehead atoms. The molecule has 0 aliphatic heterocycles. The summed E-state index contributed by atoms with van der Waals surface area (Å²) in [6.45, 7) is 2.20. The van der Waals surface area contributed by atoms with Gasteiger partial charge in [-0.2, -0.15) is 0 Å². The van der Waals surface area contributed by atoms with Crippen LogP contribution in [0.1, 0.15) is 19.8 Å². The molecule has 0 spiro atoms. The van der Waals surface area contributed by atoms with Crippen LogP contribution in [0.25, 0.3) is 0 Å². The third-order valence-electron chi connectivity index (χ3n) is 2.15. The summed E-state index contributed by atoms with van der Waals surface area (Å²) in [6.07, 6.45) is 3.27. The standard InChI is InChI=1S/C13H16O3/c1-11(13(14)15)7-5-6-10-16-12-8-3-2-4-9-12/h2-4,7-9H,5-6,10H2,1H3,(H,14,15)/b11-7+. The van der Waals surface area contributed by atoms with Gasteiger partial charge in [0, 0.05) is 5.57 Å². The van der Waals surface area contributed by atoms with Gasteiger partial charge in [0.2, 0.25) is 0 Å². The molecule has 3 nitrogen and oxygen atoms in total. The summed E-state index contributed by atoms with van der Waals surface area (Å²) in [7, 11) is 0. The zero-order chi connectivity index (χ0) is 11.8.